The van der Waals surface area contributed by atoms with Crippen molar-refractivity contribution in [3.8, 4) is 0 Å². The van der Waals surface area contributed by atoms with E-state index < -0.39 is 0 Å². The first-order valence-corrected chi connectivity index (χ1v) is 12.6. The number of hydrogen-bond donors (Lipinski definition) is 0. The Morgan fingerprint density at radius 1 is 0.889 bits per heavy atom. The molecule has 5 nitrogen and oxygen atoms in total. The lowest BCUT2D eigenvalue weighted by Gasteiger charge is -2.27. The molecular weight excluding hydrogens is 446 g/mol. The monoisotopic (exact) mass is 477 g/mol. The average Bonchev–Trinajstić information content (AvgIpc) is 3.02. The van der Waals surface area contributed by atoms with Crippen LogP contribution in [-0.2, 0) is 0 Å². The molecule has 5 heteroatoms. The van der Waals surface area contributed by atoms with Gasteiger partial charge in [0.15, 0.2) is 0 Å². The maximum Gasteiger partial charge on any atom is 0.349 e. The zero-order valence-electron chi connectivity index (χ0n) is 20.9. The van der Waals surface area contributed by atoms with Crippen molar-refractivity contribution in [3.63, 3.8) is 0 Å². The highest BCUT2D eigenvalue weighted by atomic mass is 16.2. The highest BCUT2D eigenvalue weighted by molar-refractivity contribution is 6.14. The summed E-state index contributed by atoms with van der Waals surface area (Å²) in [4.78, 5) is 26.6. The fourth-order valence-electron chi connectivity index (χ4n) is 5.16. The van der Waals surface area contributed by atoms with Gasteiger partial charge < -0.3 is 0 Å². The van der Waals surface area contributed by atoms with E-state index in [-0.39, 0.29) is 6.03 Å². The molecular formula is C31H31N3O2. The zero-order chi connectivity index (χ0) is 25.1. The first-order chi connectivity index (χ1) is 17.5. The maximum absolute atomic E-state index is 13.7. The molecule has 3 aromatic rings. The summed E-state index contributed by atoms with van der Waals surface area (Å²) in [6, 6.07) is 21.5. The van der Waals surface area contributed by atoms with Gasteiger partial charge in [0.05, 0.1) is 17.1 Å². The van der Waals surface area contributed by atoms with Gasteiger partial charge >= 0.3 is 6.03 Å². The number of anilines is 2. The first kappa shape index (κ1) is 23.7. The summed E-state index contributed by atoms with van der Waals surface area (Å²) in [7, 11) is 1.73. The Morgan fingerprint density at radius 2 is 1.61 bits per heavy atom. The van der Waals surface area contributed by atoms with E-state index in [0.717, 1.165) is 52.8 Å². The SMILES string of the molecule is Cc1cc2c(cc1/C=C/c1ccccc1)C(C1CCCCC1)=NN(C)C(=O)N2c1ccc(C=O)cc1. The minimum atomic E-state index is -0.215. The van der Waals surface area contributed by atoms with Gasteiger partial charge in [0.1, 0.15) is 6.29 Å². The molecule has 0 unspecified atom stereocenters. The topological polar surface area (TPSA) is 53.0 Å². The Kier molecular flexibility index (Phi) is 6.81. The molecule has 1 heterocycles. The van der Waals surface area contributed by atoms with E-state index in [1.165, 1.54) is 24.3 Å². The number of aryl methyl sites for hydroxylation is 1. The molecule has 1 aliphatic heterocycles. The molecule has 1 aliphatic carbocycles. The summed E-state index contributed by atoms with van der Waals surface area (Å²) < 4.78 is 0. The van der Waals surface area contributed by atoms with Gasteiger partial charge in [0.25, 0.3) is 0 Å². The van der Waals surface area contributed by atoms with E-state index in [2.05, 4.69) is 43.3 Å². The lowest BCUT2D eigenvalue weighted by atomic mass is 9.82. The van der Waals surface area contributed by atoms with E-state index >= 15 is 0 Å². The second kappa shape index (κ2) is 10.3. The molecule has 0 atom stereocenters. The molecule has 3 aromatic carbocycles. The molecule has 1 fully saturated rings. The number of benzene rings is 3. The number of amides is 2. The molecule has 5 rings (SSSR count). The van der Waals surface area contributed by atoms with E-state index in [1.807, 2.05) is 30.3 Å². The summed E-state index contributed by atoms with van der Waals surface area (Å²) >= 11 is 0. The minimum Gasteiger partial charge on any atom is -0.298 e. The second-order valence-electron chi connectivity index (χ2n) is 9.64. The molecule has 0 aromatic heterocycles. The van der Waals surface area contributed by atoms with Gasteiger partial charge in [0, 0.05) is 24.1 Å². The second-order valence-corrected chi connectivity index (χ2v) is 9.64. The highest BCUT2D eigenvalue weighted by Gasteiger charge is 2.33. The van der Waals surface area contributed by atoms with Gasteiger partial charge in [-0.3, -0.25) is 9.69 Å². The number of hydrogen-bond acceptors (Lipinski definition) is 3. The summed E-state index contributed by atoms with van der Waals surface area (Å²) in [6.45, 7) is 2.08. The number of hydrazone groups is 1. The van der Waals surface area contributed by atoms with Crippen molar-refractivity contribution in [2.75, 3.05) is 11.9 Å². The van der Waals surface area contributed by atoms with Crippen molar-refractivity contribution in [2.45, 2.75) is 39.0 Å². The van der Waals surface area contributed by atoms with Gasteiger partial charge in [-0.15, -0.1) is 0 Å². The molecule has 0 radical (unpaired) electrons. The number of urea groups is 1. The fraction of sp³-hybridized carbons (Fsp3) is 0.258. The van der Waals surface area contributed by atoms with Crippen molar-refractivity contribution in [3.05, 3.63) is 94.5 Å². The highest BCUT2D eigenvalue weighted by Crippen LogP contribution is 2.39. The van der Waals surface area contributed by atoms with Gasteiger partial charge in [-0.2, -0.15) is 5.10 Å². The number of carbonyl (C=O) groups excluding carboxylic acids is 2. The van der Waals surface area contributed by atoms with Crippen LogP contribution in [0.4, 0.5) is 16.2 Å². The van der Waals surface area contributed by atoms with E-state index in [1.54, 1.807) is 24.1 Å². The molecule has 2 amide bonds. The summed E-state index contributed by atoms with van der Waals surface area (Å²) in [5.41, 5.74) is 7.43. The van der Waals surface area contributed by atoms with E-state index in [4.69, 9.17) is 5.10 Å². The van der Waals surface area contributed by atoms with Crippen LogP contribution in [0.2, 0.25) is 0 Å². The van der Waals surface area contributed by atoms with Crippen molar-refractivity contribution in [1.29, 1.82) is 0 Å². The van der Waals surface area contributed by atoms with Crippen LogP contribution in [0.15, 0.2) is 71.8 Å². The molecule has 2 aliphatic rings. The summed E-state index contributed by atoms with van der Waals surface area (Å²) in [5, 5.41) is 6.36. The van der Waals surface area contributed by atoms with E-state index in [9.17, 15) is 9.59 Å². The van der Waals surface area contributed by atoms with Gasteiger partial charge in [-0.1, -0.05) is 61.7 Å². The minimum absolute atomic E-state index is 0.215. The van der Waals surface area contributed by atoms with Crippen LogP contribution in [-0.4, -0.2) is 30.1 Å². The predicted molar refractivity (Wildman–Crippen MR) is 147 cm³/mol. The van der Waals surface area contributed by atoms with Crippen molar-refractivity contribution >= 4 is 41.6 Å². The largest absolute Gasteiger partial charge is 0.349 e. The molecule has 0 spiro atoms. The molecule has 182 valence electrons. The number of rotatable bonds is 5. The molecule has 0 saturated heterocycles. The fourth-order valence-corrected chi connectivity index (χ4v) is 5.16. The predicted octanol–water partition coefficient (Wildman–Crippen LogP) is 7.47. The van der Waals surface area contributed by atoms with Crippen LogP contribution in [0.1, 0.15) is 64.7 Å². The molecule has 0 bridgehead atoms. The quantitative estimate of drug-likeness (QED) is 0.283. The van der Waals surface area contributed by atoms with Crippen LogP contribution >= 0.6 is 0 Å². The van der Waals surface area contributed by atoms with Gasteiger partial charge in [-0.25, -0.2) is 9.80 Å². The van der Waals surface area contributed by atoms with Gasteiger partial charge in [0.2, 0.25) is 0 Å². The Hall–Kier alpha value is -3.99. The molecule has 1 saturated carbocycles. The lowest BCUT2D eigenvalue weighted by Crippen LogP contribution is -2.34. The number of fused-ring (bicyclic) bond motifs is 1. The average molecular weight is 478 g/mol. The number of carbonyl (C=O) groups is 2. The normalized spacial score (nSPS) is 16.6. The van der Waals surface area contributed by atoms with Crippen LogP contribution in [0.25, 0.3) is 12.2 Å². The van der Waals surface area contributed by atoms with Crippen molar-refractivity contribution in [2.24, 2.45) is 11.0 Å². The third-order valence-electron chi connectivity index (χ3n) is 7.16. The standard InChI is InChI=1S/C31H31N3O2/c1-22-19-29-28(20-26(22)16-13-23-9-5-3-6-10-23)30(25-11-7-4-8-12-25)32-33(2)31(36)34(29)27-17-14-24(21-35)15-18-27/h3,5-6,9-10,13-21,25H,4,7-8,11-12H2,1-2H3/b16-13+. The summed E-state index contributed by atoms with van der Waals surface area (Å²) in [5.74, 6) is 0.318. The maximum atomic E-state index is 13.7. The third kappa shape index (κ3) is 4.74. The first-order valence-electron chi connectivity index (χ1n) is 12.6. The summed E-state index contributed by atoms with van der Waals surface area (Å²) in [6.07, 6.45) is 10.8. The van der Waals surface area contributed by atoms with Crippen LogP contribution in [0.5, 0.6) is 0 Å². The molecule has 36 heavy (non-hydrogen) atoms. The van der Waals surface area contributed by atoms with Crippen LogP contribution < -0.4 is 4.90 Å². The Bertz CT molecular complexity index is 1320. The van der Waals surface area contributed by atoms with Crippen LogP contribution in [0.3, 0.4) is 0 Å². The Morgan fingerprint density at radius 3 is 2.31 bits per heavy atom. The van der Waals surface area contributed by atoms with Crippen molar-refractivity contribution < 1.29 is 9.59 Å². The zero-order valence-corrected chi connectivity index (χ0v) is 20.9. The number of nitrogens with zero attached hydrogens (tertiary/aromatic N) is 3. The van der Waals surface area contributed by atoms with Crippen molar-refractivity contribution in [1.82, 2.24) is 5.01 Å². The van der Waals surface area contributed by atoms with E-state index in [0.29, 0.717) is 17.2 Å². The lowest BCUT2D eigenvalue weighted by molar-refractivity contribution is 0.112. The number of aldehydes is 1. The van der Waals surface area contributed by atoms with Crippen LogP contribution in [0, 0.1) is 12.8 Å². The Balaban J connectivity index is 1.66. The smallest absolute Gasteiger partial charge is 0.298 e. The molecule has 0 N–H and O–H groups in total. The Labute approximate surface area is 212 Å². The third-order valence-corrected chi connectivity index (χ3v) is 7.16. The van der Waals surface area contributed by atoms with Gasteiger partial charge in [-0.05, 0) is 72.9 Å².